The molecule has 0 spiro atoms. The quantitative estimate of drug-likeness (QED) is 0.659. The van der Waals surface area contributed by atoms with Crippen LogP contribution in [0.25, 0.3) is 0 Å². The summed E-state index contributed by atoms with van der Waals surface area (Å²) in [4.78, 5) is 11.8. The maximum absolute atomic E-state index is 11.8. The molecule has 0 aromatic heterocycles. The molecule has 2 aromatic carbocycles. The van der Waals surface area contributed by atoms with E-state index >= 15 is 0 Å². The number of ether oxygens (including phenoxy) is 2. The van der Waals surface area contributed by atoms with Gasteiger partial charge in [0, 0.05) is 0 Å². The molecular weight excluding hydrogens is 292 g/mol. The molecule has 2 aromatic rings. The zero-order valence-corrected chi connectivity index (χ0v) is 13.5. The molecule has 0 unspecified atom stereocenters. The van der Waals surface area contributed by atoms with Gasteiger partial charge in [0.2, 0.25) is 0 Å². The van der Waals surface area contributed by atoms with Crippen LogP contribution < -0.4 is 14.9 Å². The Morgan fingerprint density at radius 3 is 2.61 bits per heavy atom. The lowest BCUT2D eigenvalue weighted by molar-refractivity contribution is -0.123. The summed E-state index contributed by atoms with van der Waals surface area (Å²) in [7, 11) is 1.55. The molecule has 0 bridgehead atoms. The number of para-hydroxylation sites is 2. The van der Waals surface area contributed by atoms with Crippen molar-refractivity contribution in [2.24, 2.45) is 5.10 Å². The number of hydrazone groups is 1. The van der Waals surface area contributed by atoms with Crippen LogP contribution in [0.1, 0.15) is 16.7 Å². The van der Waals surface area contributed by atoms with Crippen molar-refractivity contribution in [1.82, 2.24) is 5.43 Å². The third kappa shape index (κ3) is 4.85. The van der Waals surface area contributed by atoms with Crippen molar-refractivity contribution >= 4 is 12.1 Å². The van der Waals surface area contributed by atoms with Gasteiger partial charge in [-0.05, 0) is 37.1 Å². The molecule has 0 saturated carbocycles. The molecule has 1 N–H and O–H groups in total. The topological polar surface area (TPSA) is 59.9 Å². The number of aryl methyl sites for hydroxylation is 2. The zero-order chi connectivity index (χ0) is 16.7. The van der Waals surface area contributed by atoms with Gasteiger partial charge in [-0.2, -0.15) is 5.10 Å². The highest BCUT2D eigenvalue weighted by Gasteiger charge is 2.06. The van der Waals surface area contributed by atoms with E-state index < -0.39 is 0 Å². The fourth-order valence-corrected chi connectivity index (χ4v) is 2.06. The smallest absolute Gasteiger partial charge is 0.277 e. The Labute approximate surface area is 135 Å². The second kappa shape index (κ2) is 7.98. The first-order valence-corrected chi connectivity index (χ1v) is 7.25. The Morgan fingerprint density at radius 2 is 1.91 bits per heavy atom. The van der Waals surface area contributed by atoms with Crippen LogP contribution in [0, 0.1) is 13.8 Å². The summed E-state index contributed by atoms with van der Waals surface area (Å²) in [5.74, 6) is 0.763. The first-order valence-electron chi connectivity index (χ1n) is 7.25. The number of benzene rings is 2. The number of amides is 1. The number of methoxy groups -OCH3 is 1. The second-order valence-electron chi connectivity index (χ2n) is 5.09. The van der Waals surface area contributed by atoms with Crippen molar-refractivity contribution in [2.45, 2.75) is 13.8 Å². The standard InChI is InChI=1S/C18H20N2O3/c1-13-8-9-15(14(2)10-13)11-19-20-18(21)12-23-17-7-5-4-6-16(17)22-3/h4-11H,12H2,1-3H3,(H,20,21)/b19-11-. The van der Waals surface area contributed by atoms with Crippen molar-refractivity contribution in [3.05, 3.63) is 59.2 Å². The number of rotatable bonds is 6. The summed E-state index contributed by atoms with van der Waals surface area (Å²) < 4.78 is 10.6. The zero-order valence-electron chi connectivity index (χ0n) is 13.5. The minimum Gasteiger partial charge on any atom is -0.493 e. The predicted molar refractivity (Wildman–Crippen MR) is 90.1 cm³/mol. The van der Waals surface area contributed by atoms with E-state index in [1.807, 2.05) is 38.1 Å². The molecule has 1 amide bonds. The van der Waals surface area contributed by atoms with E-state index in [0.29, 0.717) is 11.5 Å². The maximum atomic E-state index is 11.8. The van der Waals surface area contributed by atoms with Crippen LogP contribution in [0.3, 0.4) is 0 Å². The number of nitrogens with one attached hydrogen (secondary N) is 1. The Bertz CT molecular complexity index is 711. The first-order chi connectivity index (χ1) is 11.1. The minimum absolute atomic E-state index is 0.134. The van der Waals surface area contributed by atoms with Crippen molar-refractivity contribution in [1.29, 1.82) is 0 Å². The van der Waals surface area contributed by atoms with E-state index in [2.05, 4.69) is 16.6 Å². The minimum atomic E-state index is -0.336. The van der Waals surface area contributed by atoms with Crippen LogP contribution in [0.15, 0.2) is 47.6 Å². The average molecular weight is 312 g/mol. The lowest BCUT2D eigenvalue weighted by Crippen LogP contribution is -2.24. The van der Waals surface area contributed by atoms with Crippen LogP contribution in [-0.4, -0.2) is 25.8 Å². The normalized spacial score (nSPS) is 10.6. The number of hydrogen-bond donors (Lipinski definition) is 1. The van der Waals surface area contributed by atoms with E-state index in [-0.39, 0.29) is 12.5 Å². The number of nitrogens with zero attached hydrogens (tertiary/aromatic N) is 1. The van der Waals surface area contributed by atoms with Crippen molar-refractivity contribution in [3.8, 4) is 11.5 Å². The van der Waals surface area contributed by atoms with Crippen molar-refractivity contribution in [3.63, 3.8) is 0 Å². The van der Waals surface area contributed by atoms with E-state index in [1.54, 1.807) is 25.5 Å². The molecule has 0 atom stereocenters. The van der Waals surface area contributed by atoms with Gasteiger partial charge in [-0.3, -0.25) is 4.79 Å². The van der Waals surface area contributed by atoms with Gasteiger partial charge in [0.15, 0.2) is 18.1 Å². The van der Waals surface area contributed by atoms with Crippen LogP contribution in [-0.2, 0) is 4.79 Å². The molecule has 5 heteroatoms. The highest BCUT2D eigenvalue weighted by atomic mass is 16.5. The van der Waals surface area contributed by atoms with Crippen molar-refractivity contribution in [2.75, 3.05) is 13.7 Å². The van der Waals surface area contributed by atoms with Gasteiger partial charge in [-0.25, -0.2) is 5.43 Å². The summed E-state index contributed by atoms with van der Waals surface area (Å²) in [5, 5.41) is 3.95. The summed E-state index contributed by atoms with van der Waals surface area (Å²) in [6.45, 7) is 3.90. The molecule has 0 aliphatic rings. The summed E-state index contributed by atoms with van der Waals surface area (Å²) in [6, 6.07) is 13.2. The van der Waals surface area contributed by atoms with E-state index in [0.717, 1.165) is 11.1 Å². The van der Waals surface area contributed by atoms with Gasteiger partial charge < -0.3 is 9.47 Å². The molecule has 5 nitrogen and oxygen atoms in total. The largest absolute Gasteiger partial charge is 0.493 e. The highest BCUT2D eigenvalue weighted by Crippen LogP contribution is 2.25. The second-order valence-corrected chi connectivity index (χ2v) is 5.09. The van der Waals surface area contributed by atoms with Crippen LogP contribution >= 0.6 is 0 Å². The highest BCUT2D eigenvalue weighted by molar-refractivity contribution is 5.84. The van der Waals surface area contributed by atoms with Crippen LogP contribution in [0.4, 0.5) is 0 Å². The van der Waals surface area contributed by atoms with Crippen LogP contribution in [0.2, 0.25) is 0 Å². The number of hydrogen-bond acceptors (Lipinski definition) is 4. The molecule has 23 heavy (non-hydrogen) atoms. The molecule has 0 aliphatic heterocycles. The molecule has 0 fully saturated rings. The fraction of sp³-hybridized carbons (Fsp3) is 0.222. The first kappa shape index (κ1) is 16.5. The van der Waals surface area contributed by atoms with Gasteiger partial charge in [-0.1, -0.05) is 35.9 Å². The van der Waals surface area contributed by atoms with Gasteiger partial charge in [0.1, 0.15) is 0 Å². The fourth-order valence-electron chi connectivity index (χ4n) is 2.06. The molecule has 2 rings (SSSR count). The summed E-state index contributed by atoms with van der Waals surface area (Å²) in [5.41, 5.74) is 5.70. The van der Waals surface area contributed by atoms with E-state index in [9.17, 15) is 4.79 Å². The molecule has 120 valence electrons. The van der Waals surface area contributed by atoms with E-state index in [1.165, 1.54) is 5.56 Å². The van der Waals surface area contributed by atoms with Gasteiger partial charge in [0.05, 0.1) is 13.3 Å². The van der Waals surface area contributed by atoms with Crippen LogP contribution in [0.5, 0.6) is 11.5 Å². The lowest BCUT2D eigenvalue weighted by atomic mass is 10.1. The monoisotopic (exact) mass is 312 g/mol. The third-order valence-corrected chi connectivity index (χ3v) is 3.25. The van der Waals surface area contributed by atoms with Gasteiger partial charge in [-0.15, -0.1) is 0 Å². The van der Waals surface area contributed by atoms with Gasteiger partial charge >= 0.3 is 0 Å². The van der Waals surface area contributed by atoms with E-state index in [4.69, 9.17) is 9.47 Å². The SMILES string of the molecule is COc1ccccc1OCC(=O)N/N=C\c1ccc(C)cc1C. The molecule has 0 heterocycles. The average Bonchev–Trinajstić information content (AvgIpc) is 2.55. The van der Waals surface area contributed by atoms with Gasteiger partial charge in [0.25, 0.3) is 5.91 Å². The lowest BCUT2D eigenvalue weighted by Gasteiger charge is -2.09. The molecule has 0 saturated heterocycles. The summed E-state index contributed by atoms with van der Waals surface area (Å²) in [6.07, 6.45) is 1.62. The predicted octanol–water partition coefficient (Wildman–Crippen LogP) is 2.84. The molecule has 0 aliphatic carbocycles. The Hall–Kier alpha value is -2.82. The van der Waals surface area contributed by atoms with Crippen molar-refractivity contribution < 1.29 is 14.3 Å². The Morgan fingerprint density at radius 1 is 1.17 bits per heavy atom. The summed E-state index contributed by atoms with van der Waals surface area (Å²) >= 11 is 0. The maximum Gasteiger partial charge on any atom is 0.277 e. The Balaban J connectivity index is 1.86. The number of carbonyl (C=O) groups is 1. The third-order valence-electron chi connectivity index (χ3n) is 3.25. The number of carbonyl (C=O) groups excluding carboxylic acids is 1. The Kier molecular flexibility index (Phi) is 5.74. The molecule has 0 radical (unpaired) electrons. The molecular formula is C18H20N2O3.